The number of hydrogen-bond donors (Lipinski definition) is 0. The molecule has 4 rings (SSSR count). The van der Waals surface area contributed by atoms with Gasteiger partial charge in [0.2, 0.25) is 0 Å². The lowest BCUT2D eigenvalue weighted by Crippen LogP contribution is -2.00. The molecule has 0 unspecified atom stereocenters. The molecule has 0 aliphatic heterocycles. The van der Waals surface area contributed by atoms with Crippen molar-refractivity contribution in [3.8, 4) is 20.9 Å². The summed E-state index contributed by atoms with van der Waals surface area (Å²) in [7, 11) is 0. The predicted octanol–water partition coefficient (Wildman–Crippen LogP) is 6.31. The first-order valence-corrected chi connectivity index (χ1v) is 8.99. The highest BCUT2D eigenvalue weighted by Gasteiger charge is 2.19. The van der Waals surface area contributed by atoms with E-state index in [0.717, 1.165) is 32.0 Å². The van der Waals surface area contributed by atoms with Crippen LogP contribution in [0.4, 0.5) is 0 Å². The fraction of sp³-hybridized carbons (Fsp3) is 0. The lowest BCUT2D eigenvalue weighted by molar-refractivity contribution is 0.103. The van der Waals surface area contributed by atoms with Gasteiger partial charge in [-0.3, -0.25) is 4.79 Å². The third kappa shape index (κ3) is 3.17. The molecule has 1 heterocycles. The van der Waals surface area contributed by atoms with Crippen LogP contribution in [-0.2, 0) is 0 Å². The van der Waals surface area contributed by atoms with Gasteiger partial charge in [0.25, 0.3) is 0 Å². The van der Waals surface area contributed by atoms with Crippen LogP contribution in [0.5, 0.6) is 0 Å². The van der Waals surface area contributed by atoms with Crippen LogP contribution in [-0.4, -0.2) is 5.78 Å². The van der Waals surface area contributed by atoms with E-state index in [1.165, 1.54) is 0 Å². The molecular weight excluding hydrogens is 324 g/mol. The Morgan fingerprint density at radius 2 is 1.16 bits per heavy atom. The predicted molar refractivity (Wildman–Crippen MR) is 105 cm³/mol. The van der Waals surface area contributed by atoms with E-state index in [4.69, 9.17) is 0 Å². The molecule has 120 valence electrons. The minimum Gasteiger partial charge on any atom is -0.289 e. The minimum atomic E-state index is 0.0675. The summed E-state index contributed by atoms with van der Waals surface area (Å²) in [4.78, 5) is 15.2. The van der Waals surface area contributed by atoms with Crippen molar-refractivity contribution >= 4 is 17.1 Å². The average Bonchev–Trinajstić information content (AvgIpc) is 3.15. The van der Waals surface area contributed by atoms with Crippen molar-refractivity contribution in [2.75, 3.05) is 0 Å². The van der Waals surface area contributed by atoms with Gasteiger partial charge in [-0.1, -0.05) is 91.0 Å². The summed E-state index contributed by atoms with van der Waals surface area (Å²) >= 11 is 1.67. The number of hydrogen-bond acceptors (Lipinski definition) is 2. The Morgan fingerprint density at radius 3 is 1.76 bits per heavy atom. The molecule has 0 aliphatic carbocycles. The highest BCUT2D eigenvalue weighted by molar-refractivity contribution is 7.19. The summed E-state index contributed by atoms with van der Waals surface area (Å²) in [6.07, 6.45) is 0. The molecule has 25 heavy (non-hydrogen) atoms. The second-order valence-electron chi connectivity index (χ2n) is 5.78. The average molecular weight is 340 g/mol. The van der Waals surface area contributed by atoms with Crippen LogP contribution in [0, 0.1) is 0 Å². The van der Waals surface area contributed by atoms with E-state index in [9.17, 15) is 4.79 Å². The molecule has 1 nitrogen and oxygen atoms in total. The van der Waals surface area contributed by atoms with Crippen LogP contribution >= 0.6 is 11.3 Å². The molecule has 1 aromatic heterocycles. The number of thiophene rings is 1. The largest absolute Gasteiger partial charge is 0.289 e. The summed E-state index contributed by atoms with van der Waals surface area (Å²) in [5, 5.41) is 0. The molecular formula is C23H16OS. The zero-order valence-electron chi connectivity index (χ0n) is 13.6. The molecule has 0 radical (unpaired) electrons. The van der Waals surface area contributed by atoms with Crippen LogP contribution in [0.25, 0.3) is 20.9 Å². The maximum absolute atomic E-state index is 13.1. The van der Waals surface area contributed by atoms with Gasteiger partial charge in [-0.05, 0) is 17.2 Å². The zero-order valence-corrected chi connectivity index (χ0v) is 14.4. The van der Waals surface area contributed by atoms with Crippen LogP contribution in [0.2, 0.25) is 0 Å². The summed E-state index contributed by atoms with van der Waals surface area (Å²) in [6, 6.07) is 31.8. The van der Waals surface area contributed by atoms with Gasteiger partial charge in [-0.2, -0.15) is 0 Å². The molecule has 3 aromatic carbocycles. The van der Waals surface area contributed by atoms with E-state index in [0.29, 0.717) is 0 Å². The first-order chi connectivity index (χ1) is 12.3. The van der Waals surface area contributed by atoms with Gasteiger partial charge in [-0.15, -0.1) is 11.3 Å². The third-order valence-corrected chi connectivity index (χ3v) is 5.34. The van der Waals surface area contributed by atoms with Gasteiger partial charge in [0.05, 0.1) is 0 Å². The van der Waals surface area contributed by atoms with E-state index in [-0.39, 0.29) is 5.78 Å². The zero-order chi connectivity index (χ0) is 17.1. The lowest BCUT2D eigenvalue weighted by Gasteiger charge is -2.03. The summed E-state index contributed by atoms with van der Waals surface area (Å²) in [5.41, 5.74) is 3.70. The second-order valence-corrected chi connectivity index (χ2v) is 6.83. The number of carbonyl (C=O) groups is 1. The van der Waals surface area contributed by atoms with Crippen LogP contribution in [0.3, 0.4) is 0 Å². The molecule has 0 atom stereocenters. The molecule has 0 saturated heterocycles. The van der Waals surface area contributed by atoms with Crippen molar-refractivity contribution in [2.45, 2.75) is 0 Å². The first kappa shape index (κ1) is 15.6. The number of carbonyl (C=O) groups excluding carboxylic acids is 1. The monoisotopic (exact) mass is 340 g/mol. The van der Waals surface area contributed by atoms with E-state index < -0.39 is 0 Å². The van der Waals surface area contributed by atoms with Gasteiger partial charge in [0, 0.05) is 20.9 Å². The van der Waals surface area contributed by atoms with Crippen molar-refractivity contribution in [3.63, 3.8) is 0 Å². The van der Waals surface area contributed by atoms with Gasteiger partial charge in [0.1, 0.15) is 0 Å². The number of rotatable bonds is 4. The van der Waals surface area contributed by atoms with Gasteiger partial charge in [-0.25, -0.2) is 0 Å². The maximum Gasteiger partial charge on any atom is 0.194 e. The molecule has 0 amide bonds. The SMILES string of the molecule is O=C(c1ccccc1)c1cc(-c2ccccc2)sc1-c1ccccc1. The fourth-order valence-corrected chi connectivity index (χ4v) is 4.02. The van der Waals surface area contributed by atoms with Crippen LogP contribution in [0.15, 0.2) is 97.1 Å². The van der Waals surface area contributed by atoms with Crippen molar-refractivity contribution in [1.29, 1.82) is 0 Å². The molecule has 0 bridgehead atoms. The van der Waals surface area contributed by atoms with E-state index in [2.05, 4.69) is 24.3 Å². The van der Waals surface area contributed by atoms with Gasteiger partial charge >= 0.3 is 0 Å². The molecule has 0 spiro atoms. The number of ketones is 1. The second kappa shape index (κ2) is 6.88. The molecule has 0 saturated carbocycles. The quantitative estimate of drug-likeness (QED) is 0.398. The Bertz CT molecular complexity index is 986. The van der Waals surface area contributed by atoms with E-state index in [1.54, 1.807) is 11.3 Å². The van der Waals surface area contributed by atoms with Crippen molar-refractivity contribution in [2.24, 2.45) is 0 Å². The molecule has 0 N–H and O–H groups in total. The Kier molecular flexibility index (Phi) is 4.28. The van der Waals surface area contributed by atoms with Gasteiger partial charge in [0.15, 0.2) is 5.78 Å². The lowest BCUT2D eigenvalue weighted by atomic mass is 10.00. The van der Waals surface area contributed by atoms with Crippen LogP contribution < -0.4 is 0 Å². The Balaban J connectivity index is 1.87. The maximum atomic E-state index is 13.1. The smallest absolute Gasteiger partial charge is 0.194 e. The third-order valence-electron chi connectivity index (χ3n) is 4.11. The fourth-order valence-electron chi connectivity index (χ4n) is 2.85. The molecule has 0 aliphatic rings. The first-order valence-electron chi connectivity index (χ1n) is 8.17. The highest BCUT2D eigenvalue weighted by Crippen LogP contribution is 2.39. The van der Waals surface area contributed by atoms with Crippen LogP contribution in [0.1, 0.15) is 15.9 Å². The minimum absolute atomic E-state index is 0.0675. The normalized spacial score (nSPS) is 10.6. The highest BCUT2D eigenvalue weighted by atomic mass is 32.1. The van der Waals surface area contributed by atoms with Crippen molar-refractivity contribution in [3.05, 3.63) is 108 Å². The Hall–Kier alpha value is -2.97. The number of benzene rings is 3. The summed E-state index contributed by atoms with van der Waals surface area (Å²) in [5.74, 6) is 0.0675. The van der Waals surface area contributed by atoms with Crippen molar-refractivity contribution in [1.82, 2.24) is 0 Å². The summed E-state index contributed by atoms with van der Waals surface area (Å²) < 4.78 is 0. The molecule has 2 heteroatoms. The summed E-state index contributed by atoms with van der Waals surface area (Å²) in [6.45, 7) is 0. The molecule has 0 fully saturated rings. The topological polar surface area (TPSA) is 17.1 Å². The molecule has 4 aromatic rings. The van der Waals surface area contributed by atoms with E-state index in [1.807, 2.05) is 72.8 Å². The van der Waals surface area contributed by atoms with Gasteiger partial charge < -0.3 is 0 Å². The van der Waals surface area contributed by atoms with Crippen molar-refractivity contribution < 1.29 is 4.79 Å². The Morgan fingerprint density at radius 1 is 0.640 bits per heavy atom. The van der Waals surface area contributed by atoms with E-state index >= 15 is 0 Å². The Labute approximate surface area is 151 Å². The standard InChI is InChI=1S/C23H16OS/c24-22(18-12-6-2-7-13-18)20-16-21(17-10-4-1-5-11-17)25-23(20)19-14-8-3-9-15-19/h1-16H.